The van der Waals surface area contributed by atoms with E-state index in [2.05, 4.69) is 15.7 Å². The highest BCUT2D eigenvalue weighted by Gasteiger charge is 2.08. The van der Waals surface area contributed by atoms with Gasteiger partial charge in [-0.1, -0.05) is 24.3 Å². The standard InChI is InChI=1S/C16H15FN4O/c1-21-15-8-4-7-14(12(15)10-19-21)20-16(22)18-9-11-5-2-3-6-13(11)17/h2-8,10H,9H2,1H3,(H2,18,20,22). The molecule has 3 rings (SSSR count). The molecular weight excluding hydrogens is 283 g/mol. The second-order valence-electron chi connectivity index (χ2n) is 4.91. The number of nitrogens with zero attached hydrogens (tertiary/aromatic N) is 2. The highest BCUT2D eigenvalue weighted by molar-refractivity contribution is 6.00. The number of anilines is 1. The monoisotopic (exact) mass is 298 g/mol. The van der Waals surface area contributed by atoms with E-state index in [1.807, 2.05) is 19.2 Å². The fraction of sp³-hybridized carbons (Fsp3) is 0.125. The minimum absolute atomic E-state index is 0.127. The predicted molar refractivity (Wildman–Crippen MR) is 83.0 cm³/mol. The summed E-state index contributed by atoms with van der Waals surface area (Å²) in [5, 5.41) is 10.4. The summed E-state index contributed by atoms with van der Waals surface area (Å²) < 4.78 is 15.2. The van der Waals surface area contributed by atoms with Crippen LogP contribution in [0, 0.1) is 5.82 Å². The van der Waals surface area contributed by atoms with Crippen molar-refractivity contribution in [3.8, 4) is 0 Å². The van der Waals surface area contributed by atoms with Crippen molar-refractivity contribution in [2.45, 2.75) is 6.54 Å². The summed E-state index contributed by atoms with van der Waals surface area (Å²) >= 11 is 0. The lowest BCUT2D eigenvalue weighted by atomic mass is 10.2. The molecule has 0 aliphatic carbocycles. The Morgan fingerprint density at radius 3 is 2.86 bits per heavy atom. The van der Waals surface area contributed by atoms with Crippen LogP contribution in [0.3, 0.4) is 0 Å². The van der Waals surface area contributed by atoms with Gasteiger partial charge in [0.15, 0.2) is 0 Å². The molecule has 0 radical (unpaired) electrons. The van der Waals surface area contributed by atoms with Crippen LogP contribution < -0.4 is 10.6 Å². The minimum Gasteiger partial charge on any atom is -0.334 e. The van der Waals surface area contributed by atoms with E-state index in [1.165, 1.54) is 6.07 Å². The van der Waals surface area contributed by atoms with Gasteiger partial charge >= 0.3 is 6.03 Å². The van der Waals surface area contributed by atoms with Gasteiger partial charge in [0, 0.05) is 24.5 Å². The maximum absolute atomic E-state index is 13.5. The number of rotatable bonds is 3. The normalized spacial score (nSPS) is 10.6. The van der Waals surface area contributed by atoms with E-state index in [0.29, 0.717) is 11.3 Å². The number of aryl methyl sites for hydroxylation is 1. The Morgan fingerprint density at radius 2 is 2.05 bits per heavy atom. The van der Waals surface area contributed by atoms with Gasteiger partial charge in [-0.25, -0.2) is 9.18 Å². The van der Waals surface area contributed by atoms with Gasteiger partial charge in [0.2, 0.25) is 0 Å². The van der Waals surface area contributed by atoms with Crippen LogP contribution in [-0.4, -0.2) is 15.8 Å². The van der Waals surface area contributed by atoms with Crippen molar-refractivity contribution >= 4 is 22.6 Å². The second-order valence-corrected chi connectivity index (χ2v) is 4.91. The number of carbonyl (C=O) groups excluding carboxylic acids is 1. The van der Waals surface area contributed by atoms with E-state index in [0.717, 1.165) is 10.9 Å². The third kappa shape index (κ3) is 2.76. The fourth-order valence-corrected chi connectivity index (χ4v) is 2.27. The van der Waals surface area contributed by atoms with Gasteiger partial charge in [0.1, 0.15) is 5.82 Å². The predicted octanol–water partition coefficient (Wildman–Crippen LogP) is 3.03. The Labute approximate surface area is 126 Å². The summed E-state index contributed by atoms with van der Waals surface area (Å²) in [5.74, 6) is -0.336. The van der Waals surface area contributed by atoms with Crippen molar-refractivity contribution in [2.75, 3.05) is 5.32 Å². The van der Waals surface area contributed by atoms with Crippen LogP contribution in [0.2, 0.25) is 0 Å². The van der Waals surface area contributed by atoms with Gasteiger partial charge in [0.25, 0.3) is 0 Å². The van der Waals surface area contributed by atoms with Crippen LogP contribution in [0.1, 0.15) is 5.56 Å². The smallest absolute Gasteiger partial charge is 0.319 e. The molecule has 0 aliphatic heterocycles. The van der Waals surface area contributed by atoms with Gasteiger partial charge in [-0.05, 0) is 18.2 Å². The summed E-state index contributed by atoms with van der Waals surface area (Å²) in [5.41, 5.74) is 2.03. The molecular formula is C16H15FN4O. The Bertz CT molecular complexity index is 828. The molecule has 0 unspecified atom stereocenters. The topological polar surface area (TPSA) is 59.0 Å². The van der Waals surface area contributed by atoms with Gasteiger partial charge in [-0.3, -0.25) is 4.68 Å². The maximum Gasteiger partial charge on any atom is 0.319 e. The van der Waals surface area contributed by atoms with E-state index < -0.39 is 0 Å². The first kappa shape index (κ1) is 14.1. The van der Waals surface area contributed by atoms with E-state index in [1.54, 1.807) is 35.1 Å². The number of nitrogens with one attached hydrogen (secondary N) is 2. The van der Waals surface area contributed by atoms with Crippen LogP contribution >= 0.6 is 0 Å². The lowest BCUT2D eigenvalue weighted by Crippen LogP contribution is -2.28. The SMILES string of the molecule is Cn1ncc2c(NC(=O)NCc3ccccc3F)cccc21. The number of halogens is 1. The van der Waals surface area contributed by atoms with Crippen LogP contribution in [-0.2, 0) is 13.6 Å². The molecule has 0 fully saturated rings. The first-order valence-electron chi connectivity index (χ1n) is 6.84. The molecule has 0 spiro atoms. The van der Waals surface area contributed by atoms with Crippen molar-refractivity contribution in [1.82, 2.24) is 15.1 Å². The number of amides is 2. The van der Waals surface area contributed by atoms with Crippen LogP contribution in [0.25, 0.3) is 10.9 Å². The molecule has 1 aromatic heterocycles. The molecule has 1 heterocycles. The quantitative estimate of drug-likeness (QED) is 0.781. The first-order valence-corrected chi connectivity index (χ1v) is 6.84. The molecule has 0 saturated carbocycles. The summed E-state index contributed by atoms with van der Waals surface area (Å²) in [4.78, 5) is 12.0. The molecule has 2 N–H and O–H groups in total. The van der Waals surface area contributed by atoms with Gasteiger partial charge < -0.3 is 10.6 Å². The van der Waals surface area contributed by atoms with Gasteiger partial charge in [-0.2, -0.15) is 5.10 Å². The fourth-order valence-electron chi connectivity index (χ4n) is 2.27. The molecule has 0 bridgehead atoms. The van der Waals surface area contributed by atoms with E-state index in [-0.39, 0.29) is 18.4 Å². The molecule has 5 nitrogen and oxygen atoms in total. The van der Waals surface area contributed by atoms with Crippen molar-refractivity contribution in [3.63, 3.8) is 0 Å². The molecule has 0 atom stereocenters. The van der Waals surface area contributed by atoms with Crippen LogP contribution in [0.15, 0.2) is 48.7 Å². The van der Waals surface area contributed by atoms with Crippen LogP contribution in [0.5, 0.6) is 0 Å². The van der Waals surface area contributed by atoms with Crippen molar-refractivity contribution in [2.24, 2.45) is 7.05 Å². The summed E-state index contributed by atoms with van der Waals surface area (Å²) in [6.45, 7) is 0.127. The lowest BCUT2D eigenvalue weighted by Gasteiger charge is -2.09. The molecule has 0 saturated heterocycles. The molecule has 2 aromatic carbocycles. The van der Waals surface area contributed by atoms with Gasteiger partial charge in [0.05, 0.1) is 17.4 Å². The average Bonchev–Trinajstić information content (AvgIpc) is 2.89. The molecule has 112 valence electrons. The zero-order valence-electron chi connectivity index (χ0n) is 12.0. The Morgan fingerprint density at radius 1 is 1.23 bits per heavy atom. The Balaban J connectivity index is 1.70. The number of urea groups is 1. The highest BCUT2D eigenvalue weighted by atomic mass is 19.1. The summed E-state index contributed by atoms with van der Waals surface area (Å²) in [6.07, 6.45) is 1.70. The summed E-state index contributed by atoms with van der Waals surface area (Å²) in [6, 6.07) is 11.5. The number of benzene rings is 2. The third-order valence-corrected chi connectivity index (χ3v) is 3.44. The van der Waals surface area contributed by atoms with E-state index in [9.17, 15) is 9.18 Å². The highest BCUT2D eigenvalue weighted by Crippen LogP contribution is 2.22. The van der Waals surface area contributed by atoms with E-state index in [4.69, 9.17) is 0 Å². The Kier molecular flexibility index (Phi) is 3.74. The van der Waals surface area contributed by atoms with Crippen molar-refractivity contribution in [1.29, 1.82) is 0 Å². The number of hydrogen-bond acceptors (Lipinski definition) is 2. The molecule has 0 aliphatic rings. The second kappa shape index (κ2) is 5.85. The first-order chi connectivity index (χ1) is 10.6. The third-order valence-electron chi connectivity index (χ3n) is 3.44. The van der Waals surface area contributed by atoms with Gasteiger partial charge in [-0.15, -0.1) is 0 Å². The molecule has 3 aromatic rings. The van der Waals surface area contributed by atoms with Crippen LogP contribution in [0.4, 0.5) is 14.9 Å². The maximum atomic E-state index is 13.5. The lowest BCUT2D eigenvalue weighted by molar-refractivity contribution is 0.251. The molecule has 6 heteroatoms. The zero-order chi connectivity index (χ0) is 15.5. The van der Waals surface area contributed by atoms with E-state index >= 15 is 0 Å². The van der Waals surface area contributed by atoms with Crippen molar-refractivity contribution in [3.05, 3.63) is 60.0 Å². The largest absolute Gasteiger partial charge is 0.334 e. The molecule has 22 heavy (non-hydrogen) atoms. The number of fused-ring (bicyclic) bond motifs is 1. The van der Waals surface area contributed by atoms with Crippen molar-refractivity contribution < 1.29 is 9.18 Å². The Hall–Kier alpha value is -2.89. The number of hydrogen-bond donors (Lipinski definition) is 2. The average molecular weight is 298 g/mol. The minimum atomic E-state index is -0.389. The molecule has 2 amide bonds. The summed E-state index contributed by atoms with van der Waals surface area (Å²) in [7, 11) is 1.84. The zero-order valence-corrected chi connectivity index (χ0v) is 12.0. The number of aromatic nitrogens is 2. The number of carbonyl (C=O) groups is 1.